The Labute approximate surface area is 76.6 Å². The maximum Gasteiger partial charge on any atom is 0.150 e. The number of nitrogens with zero attached hydrogens (tertiary/aromatic N) is 1. The summed E-state index contributed by atoms with van der Waals surface area (Å²) in [6.07, 6.45) is 2.25. The van der Waals surface area contributed by atoms with Crippen LogP contribution in [0.2, 0.25) is 0 Å². The van der Waals surface area contributed by atoms with Crippen molar-refractivity contribution in [2.24, 2.45) is 0 Å². The maximum absolute atomic E-state index is 13.3. The number of hydrogen-bond acceptors (Lipinski definition) is 2. The van der Waals surface area contributed by atoms with Gasteiger partial charge in [-0.05, 0) is 25.0 Å². The molecule has 2 nitrogen and oxygen atoms in total. The van der Waals surface area contributed by atoms with Crippen molar-refractivity contribution in [3.8, 4) is 5.75 Å². The van der Waals surface area contributed by atoms with Crippen molar-refractivity contribution in [1.29, 1.82) is 0 Å². The summed E-state index contributed by atoms with van der Waals surface area (Å²) >= 11 is 0. The molecule has 0 amide bonds. The van der Waals surface area contributed by atoms with Gasteiger partial charge in [0.25, 0.3) is 0 Å². The average molecular weight is 181 g/mol. The lowest BCUT2D eigenvalue weighted by atomic mass is 10.2. The molecule has 0 saturated carbocycles. The van der Waals surface area contributed by atoms with Crippen molar-refractivity contribution in [1.82, 2.24) is 0 Å². The van der Waals surface area contributed by atoms with Crippen LogP contribution in [-0.4, -0.2) is 18.2 Å². The third-order valence-electron chi connectivity index (χ3n) is 2.38. The fourth-order valence-corrected chi connectivity index (χ4v) is 1.71. The molecule has 0 aromatic heterocycles. The minimum Gasteiger partial charge on any atom is -0.508 e. The molecule has 2 rings (SSSR count). The SMILES string of the molecule is Oc1ccc(N2CCCC2)c(F)c1. The average Bonchev–Trinajstić information content (AvgIpc) is 2.56. The Morgan fingerprint density at radius 1 is 1.23 bits per heavy atom. The van der Waals surface area contributed by atoms with Crippen molar-refractivity contribution < 1.29 is 9.50 Å². The van der Waals surface area contributed by atoms with Crippen LogP contribution in [0.15, 0.2) is 18.2 Å². The van der Waals surface area contributed by atoms with Gasteiger partial charge in [0.1, 0.15) is 11.6 Å². The second kappa shape index (κ2) is 3.24. The van der Waals surface area contributed by atoms with E-state index in [9.17, 15) is 4.39 Å². The molecule has 1 aromatic rings. The van der Waals surface area contributed by atoms with E-state index in [1.807, 2.05) is 4.90 Å². The highest BCUT2D eigenvalue weighted by Crippen LogP contribution is 2.26. The van der Waals surface area contributed by atoms with Gasteiger partial charge >= 0.3 is 0 Å². The molecule has 1 aromatic carbocycles. The largest absolute Gasteiger partial charge is 0.508 e. The second-order valence-corrected chi connectivity index (χ2v) is 3.33. The molecular weight excluding hydrogens is 169 g/mol. The summed E-state index contributed by atoms with van der Waals surface area (Å²) in [4.78, 5) is 2.01. The molecule has 1 aliphatic rings. The van der Waals surface area contributed by atoms with Gasteiger partial charge in [0.2, 0.25) is 0 Å². The van der Waals surface area contributed by atoms with Gasteiger partial charge in [-0.2, -0.15) is 0 Å². The van der Waals surface area contributed by atoms with Crippen LogP contribution in [0.1, 0.15) is 12.8 Å². The number of rotatable bonds is 1. The van der Waals surface area contributed by atoms with E-state index in [2.05, 4.69) is 0 Å². The molecule has 1 fully saturated rings. The van der Waals surface area contributed by atoms with Crippen LogP contribution >= 0.6 is 0 Å². The zero-order chi connectivity index (χ0) is 9.26. The molecular formula is C10H12FNO. The van der Waals surface area contributed by atoms with E-state index >= 15 is 0 Å². The first-order valence-corrected chi connectivity index (χ1v) is 4.51. The van der Waals surface area contributed by atoms with Crippen LogP contribution in [0.5, 0.6) is 5.75 Å². The molecule has 3 heteroatoms. The fraction of sp³-hybridized carbons (Fsp3) is 0.400. The Morgan fingerprint density at radius 3 is 2.54 bits per heavy atom. The Bertz CT molecular complexity index is 308. The number of benzene rings is 1. The smallest absolute Gasteiger partial charge is 0.150 e. The first-order chi connectivity index (χ1) is 6.27. The van der Waals surface area contributed by atoms with Crippen molar-refractivity contribution in [2.75, 3.05) is 18.0 Å². The summed E-state index contributed by atoms with van der Waals surface area (Å²) in [5, 5.41) is 9.02. The third-order valence-corrected chi connectivity index (χ3v) is 2.38. The van der Waals surface area contributed by atoms with Gasteiger partial charge in [0.15, 0.2) is 0 Å². The normalized spacial score (nSPS) is 16.5. The monoisotopic (exact) mass is 181 g/mol. The number of hydrogen-bond donors (Lipinski definition) is 1. The lowest BCUT2D eigenvalue weighted by Gasteiger charge is -2.17. The summed E-state index contributed by atoms with van der Waals surface area (Å²) in [5.74, 6) is -0.345. The number of phenolic OH excluding ortho intramolecular Hbond substituents is 1. The van der Waals surface area contributed by atoms with E-state index in [0.717, 1.165) is 32.0 Å². The van der Waals surface area contributed by atoms with E-state index < -0.39 is 0 Å². The zero-order valence-electron chi connectivity index (χ0n) is 7.33. The van der Waals surface area contributed by atoms with Crippen LogP contribution in [0.3, 0.4) is 0 Å². The van der Waals surface area contributed by atoms with Gasteiger partial charge in [-0.25, -0.2) is 4.39 Å². The van der Waals surface area contributed by atoms with Gasteiger partial charge in [-0.1, -0.05) is 0 Å². The number of aromatic hydroxyl groups is 1. The lowest BCUT2D eigenvalue weighted by molar-refractivity contribution is 0.469. The predicted octanol–water partition coefficient (Wildman–Crippen LogP) is 2.13. The first-order valence-electron chi connectivity index (χ1n) is 4.51. The van der Waals surface area contributed by atoms with Crippen LogP contribution in [0.4, 0.5) is 10.1 Å². The molecule has 1 aliphatic heterocycles. The molecule has 0 atom stereocenters. The van der Waals surface area contributed by atoms with Gasteiger partial charge in [-0.3, -0.25) is 0 Å². The molecule has 0 unspecified atom stereocenters. The summed E-state index contributed by atoms with van der Waals surface area (Å²) in [7, 11) is 0. The van der Waals surface area contributed by atoms with Crippen LogP contribution in [0, 0.1) is 5.82 Å². The molecule has 1 N–H and O–H groups in total. The molecule has 0 aliphatic carbocycles. The molecule has 1 heterocycles. The van der Waals surface area contributed by atoms with Crippen molar-refractivity contribution in [3.63, 3.8) is 0 Å². The van der Waals surface area contributed by atoms with Crippen LogP contribution in [0.25, 0.3) is 0 Å². The van der Waals surface area contributed by atoms with E-state index in [1.165, 1.54) is 6.07 Å². The first kappa shape index (κ1) is 8.35. The van der Waals surface area contributed by atoms with Crippen molar-refractivity contribution >= 4 is 5.69 Å². The van der Waals surface area contributed by atoms with E-state index in [4.69, 9.17) is 5.11 Å². The Balaban J connectivity index is 2.29. The second-order valence-electron chi connectivity index (χ2n) is 3.33. The summed E-state index contributed by atoms with van der Waals surface area (Å²) in [6, 6.07) is 4.32. The number of halogens is 1. The van der Waals surface area contributed by atoms with Crippen LogP contribution in [-0.2, 0) is 0 Å². The lowest BCUT2D eigenvalue weighted by Crippen LogP contribution is -2.18. The highest BCUT2D eigenvalue weighted by molar-refractivity contribution is 5.50. The molecule has 13 heavy (non-hydrogen) atoms. The Kier molecular flexibility index (Phi) is 2.08. The molecule has 0 radical (unpaired) electrons. The van der Waals surface area contributed by atoms with Gasteiger partial charge in [-0.15, -0.1) is 0 Å². The summed E-state index contributed by atoms with van der Waals surface area (Å²) in [6.45, 7) is 1.84. The molecule has 70 valence electrons. The maximum atomic E-state index is 13.3. The van der Waals surface area contributed by atoms with Crippen molar-refractivity contribution in [3.05, 3.63) is 24.0 Å². The number of phenols is 1. The standard InChI is InChI=1S/C10H12FNO/c11-9-7-8(13)3-4-10(9)12-5-1-2-6-12/h3-4,7,13H,1-2,5-6H2. The van der Waals surface area contributed by atoms with E-state index in [0.29, 0.717) is 5.69 Å². The zero-order valence-corrected chi connectivity index (χ0v) is 7.33. The van der Waals surface area contributed by atoms with E-state index in [-0.39, 0.29) is 11.6 Å². The number of anilines is 1. The molecule has 1 saturated heterocycles. The fourth-order valence-electron chi connectivity index (χ4n) is 1.71. The van der Waals surface area contributed by atoms with E-state index in [1.54, 1.807) is 6.07 Å². The minimum atomic E-state index is -0.332. The highest BCUT2D eigenvalue weighted by atomic mass is 19.1. The van der Waals surface area contributed by atoms with Crippen LogP contribution < -0.4 is 4.90 Å². The third kappa shape index (κ3) is 1.59. The molecule has 0 bridgehead atoms. The van der Waals surface area contributed by atoms with Gasteiger partial charge in [0.05, 0.1) is 5.69 Å². The Morgan fingerprint density at radius 2 is 1.92 bits per heavy atom. The molecule has 0 spiro atoms. The quantitative estimate of drug-likeness (QED) is 0.717. The minimum absolute atomic E-state index is 0.0135. The Hall–Kier alpha value is -1.25. The summed E-state index contributed by atoms with van der Waals surface area (Å²) in [5.41, 5.74) is 0.607. The van der Waals surface area contributed by atoms with Gasteiger partial charge < -0.3 is 10.0 Å². The highest BCUT2D eigenvalue weighted by Gasteiger charge is 2.15. The predicted molar refractivity (Wildman–Crippen MR) is 49.5 cm³/mol. The summed E-state index contributed by atoms with van der Waals surface area (Å²) < 4.78 is 13.3. The topological polar surface area (TPSA) is 23.5 Å². The van der Waals surface area contributed by atoms with Crippen molar-refractivity contribution in [2.45, 2.75) is 12.8 Å². The van der Waals surface area contributed by atoms with Gasteiger partial charge in [0, 0.05) is 19.2 Å².